The lowest BCUT2D eigenvalue weighted by Gasteiger charge is -2.09. The van der Waals surface area contributed by atoms with Crippen molar-refractivity contribution in [2.75, 3.05) is 18.5 Å². The van der Waals surface area contributed by atoms with Gasteiger partial charge in [0.15, 0.2) is 0 Å². The van der Waals surface area contributed by atoms with E-state index in [1.165, 1.54) is 18.5 Å². The number of anilines is 1. The van der Waals surface area contributed by atoms with E-state index in [0.717, 1.165) is 17.8 Å². The van der Waals surface area contributed by atoms with E-state index in [2.05, 4.69) is 29.1 Å². The molecule has 2 rings (SSSR count). The highest BCUT2D eigenvalue weighted by atomic mass is 19.1. The van der Waals surface area contributed by atoms with E-state index in [1.807, 2.05) is 0 Å². The van der Waals surface area contributed by atoms with Crippen LogP contribution in [0.15, 0.2) is 36.7 Å². The summed E-state index contributed by atoms with van der Waals surface area (Å²) in [6.07, 6.45) is 2.28. The van der Waals surface area contributed by atoms with E-state index in [0.29, 0.717) is 24.9 Å². The number of ether oxygens (including phenoxy) is 1. The first kappa shape index (κ1) is 15.2. The fourth-order valence-electron chi connectivity index (χ4n) is 1.75. The Morgan fingerprint density at radius 1 is 1.19 bits per heavy atom. The molecule has 0 fully saturated rings. The maximum Gasteiger partial charge on any atom is 0.218 e. The Balaban J connectivity index is 1.82. The third-order valence-electron chi connectivity index (χ3n) is 2.84. The Morgan fingerprint density at radius 2 is 1.95 bits per heavy atom. The molecule has 0 radical (unpaired) electrons. The van der Waals surface area contributed by atoms with E-state index in [1.54, 1.807) is 18.2 Å². The van der Waals surface area contributed by atoms with Gasteiger partial charge in [0, 0.05) is 12.6 Å². The van der Waals surface area contributed by atoms with Crippen molar-refractivity contribution in [2.24, 2.45) is 5.92 Å². The molecule has 1 heterocycles. The molecule has 5 heteroatoms. The van der Waals surface area contributed by atoms with Crippen molar-refractivity contribution < 1.29 is 9.13 Å². The summed E-state index contributed by atoms with van der Waals surface area (Å²) in [7, 11) is 0. The fraction of sp³-hybridized carbons (Fsp3) is 0.375. The van der Waals surface area contributed by atoms with Crippen LogP contribution in [0.1, 0.15) is 19.4 Å². The van der Waals surface area contributed by atoms with Crippen LogP contribution in [-0.2, 0) is 6.42 Å². The first-order chi connectivity index (χ1) is 10.1. The van der Waals surface area contributed by atoms with E-state index in [-0.39, 0.29) is 5.82 Å². The number of aromatic nitrogens is 2. The third kappa shape index (κ3) is 5.38. The molecular formula is C16H20FN3O. The van der Waals surface area contributed by atoms with E-state index >= 15 is 0 Å². The van der Waals surface area contributed by atoms with Gasteiger partial charge in [-0.25, -0.2) is 14.4 Å². The summed E-state index contributed by atoms with van der Waals surface area (Å²) in [5, 5.41) is 3.21. The minimum atomic E-state index is -0.213. The van der Waals surface area contributed by atoms with Crippen LogP contribution in [0, 0.1) is 11.7 Å². The highest BCUT2D eigenvalue weighted by molar-refractivity contribution is 5.37. The molecule has 0 aliphatic heterocycles. The molecule has 0 aliphatic rings. The first-order valence-electron chi connectivity index (χ1n) is 7.06. The average Bonchev–Trinajstić information content (AvgIpc) is 2.48. The first-order valence-corrected chi connectivity index (χ1v) is 7.06. The topological polar surface area (TPSA) is 47.0 Å². The molecule has 21 heavy (non-hydrogen) atoms. The van der Waals surface area contributed by atoms with Gasteiger partial charge in [0.2, 0.25) is 5.88 Å². The van der Waals surface area contributed by atoms with Crippen molar-refractivity contribution in [3.8, 4) is 5.88 Å². The molecule has 2 aromatic rings. The summed E-state index contributed by atoms with van der Waals surface area (Å²) in [6.45, 7) is 5.52. The second-order valence-corrected chi connectivity index (χ2v) is 5.25. The Labute approximate surface area is 124 Å². The molecule has 0 bridgehead atoms. The van der Waals surface area contributed by atoms with Gasteiger partial charge in [-0.15, -0.1) is 0 Å². The van der Waals surface area contributed by atoms with Crippen LogP contribution in [0.3, 0.4) is 0 Å². The number of nitrogens with zero attached hydrogens (tertiary/aromatic N) is 2. The zero-order valence-electron chi connectivity index (χ0n) is 12.3. The SMILES string of the molecule is CC(C)COc1cc(NCCc2ccc(F)cc2)ncn1. The summed E-state index contributed by atoms with van der Waals surface area (Å²) in [4.78, 5) is 8.22. The standard InChI is InChI=1S/C16H20FN3O/c1-12(2)10-21-16-9-15(19-11-20-16)18-8-7-13-3-5-14(17)6-4-13/h3-6,9,11-12H,7-8,10H2,1-2H3,(H,18,19,20). The number of hydrogen-bond acceptors (Lipinski definition) is 4. The number of hydrogen-bond donors (Lipinski definition) is 1. The Bertz CT molecular complexity index is 558. The molecule has 0 aliphatic carbocycles. The minimum Gasteiger partial charge on any atom is -0.477 e. The quantitative estimate of drug-likeness (QED) is 0.849. The Morgan fingerprint density at radius 3 is 2.67 bits per heavy atom. The van der Waals surface area contributed by atoms with E-state index < -0.39 is 0 Å². The molecule has 112 valence electrons. The molecule has 0 saturated heterocycles. The van der Waals surface area contributed by atoms with Crippen LogP contribution in [0.2, 0.25) is 0 Å². The zero-order chi connectivity index (χ0) is 15.1. The molecule has 0 spiro atoms. The maximum atomic E-state index is 12.8. The molecule has 1 aromatic carbocycles. The smallest absolute Gasteiger partial charge is 0.218 e. The molecule has 0 unspecified atom stereocenters. The van der Waals surface area contributed by atoms with Crippen LogP contribution >= 0.6 is 0 Å². The van der Waals surface area contributed by atoms with Crippen molar-refractivity contribution in [2.45, 2.75) is 20.3 Å². The number of benzene rings is 1. The van der Waals surface area contributed by atoms with E-state index in [4.69, 9.17) is 4.74 Å². The van der Waals surface area contributed by atoms with Crippen LogP contribution in [-0.4, -0.2) is 23.1 Å². The molecule has 0 atom stereocenters. The van der Waals surface area contributed by atoms with Crippen molar-refractivity contribution >= 4 is 5.82 Å². The van der Waals surface area contributed by atoms with Gasteiger partial charge in [-0.3, -0.25) is 0 Å². The van der Waals surface area contributed by atoms with Crippen LogP contribution in [0.4, 0.5) is 10.2 Å². The molecule has 0 saturated carbocycles. The van der Waals surface area contributed by atoms with Crippen molar-refractivity contribution in [1.29, 1.82) is 0 Å². The zero-order valence-corrected chi connectivity index (χ0v) is 12.3. The second kappa shape index (κ2) is 7.57. The average molecular weight is 289 g/mol. The molecule has 4 nitrogen and oxygen atoms in total. The second-order valence-electron chi connectivity index (χ2n) is 5.25. The number of halogens is 1. The molecule has 0 amide bonds. The summed E-state index contributed by atoms with van der Waals surface area (Å²) in [5.74, 6) is 1.54. The van der Waals surface area contributed by atoms with Crippen LogP contribution in [0.5, 0.6) is 5.88 Å². The van der Waals surface area contributed by atoms with Gasteiger partial charge in [0.05, 0.1) is 6.61 Å². The van der Waals surface area contributed by atoms with Gasteiger partial charge in [-0.05, 0) is 30.0 Å². The lowest BCUT2D eigenvalue weighted by molar-refractivity contribution is 0.261. The van der Waals surface area contributed by atoms with Crippen LogP contribution < -0.4 is 10.1 Å². The maximum absolute atomic E-state index is 12.8. The molecule has 1 aromatic heterocycles. The molecular weight excluding hydrogens is 269 g/mol. The summed E-state index contributed by atoms with van der Waals surface area (Å²) < 4.78 is 18.4. The van der Waals surface area contributed by atoms with Gasteiger partial charge in [-0.2, -0.15) is 0 Å². The largest absolute Gasteiger partial charge is 0.477 e. The van der Waals surface area contributed by atoms with Gasteiger partial charge in [-0.1, -0.05) is 26.0 Å². The van der Waals surface area contributed by atoms with Crippen molar-refractivity contribution in [3.05, 3.63) is 48.0 Å². The third-order valence-corrected chi connectivity index (χ3v) is 2.84. The minimum absolute atomic E-state index is 0.213. The predicted molar refractivity (Wildman–Crippen MR) is 81.0 cm³/mol. The van der Waals surface area contributed by atoms with Gasteiger partial charge in [0.1, 0.15) is 18.0 Å². The monoisotopic (exact) mass is 289 g/mol. The Kier molecular flexibility index (Phi) is 5.49. The highest BCUT2D eigenvalue weighted by Crippen LogP contribution is 2.12. The highest BCUT2D eigenvalue weighted by Gasteiger charge is 2.01. The van der Waals surface area contributed by atoms with Gasteiger partial charge < -0.3 is 10.1 Å². The summed E-state index contributed by atoms with van der Waals surface area (Å²) in [5.41, 5.74) is 1.08. The van der Waals surface area contributed by atoms with E-state index in [9.17, 15) is 4.39 Å². The Hall–Kier alpha value is -2.17. The lowest BCUT2D eigenvalue weighted by atomic mass is 10.1. The molecule has 1 N–H and O–H groups in total. The summed E-state index contributed by atoms with van der Waals surface area (Å²) in [6, 6.07) is 8.30. The number of rotatable bonds is 7. The normalized spacial score (nSPS) is 10.7. The number of nitrogens with one attached hydrogen (secondary N) is 1. The van der Waals surface area contributed by atoms with Crippen molar-refractivity contribution in [3.63, 3.8) is 0 Å². The van der Waals surface area contributed by atoms with Crippen molar-refractivity contribution in [1.82, 2.24) is 9.97 Å². The van der Waals surface area contributed by atoms with Crippen LogP contribution in [0.25, 0.3) is 0 Å². The summed E-state index contributed by atoms with van der Waals surface area (Å²) >= 11 is 0. The van der Waals surface area contributed by atoms with Gasteiger partial charge in [0.25, 0.3) is 0 Å². The van der Waals surface area contributed by atoms with Gasteiger partial charge >= 0.3 is 0 Å². The lowest BCUT2D eigenvalue weighted by Crippen LogP contribution is -2.09. The fourth-order valence-corrected chi connectivity index (χ4v) is 1.75. The predicted octanol–water partition coefficient (Wildman–Crippen LogP) is 3.31.